The average molecular weight is 212 g/mol. The highest BCUT2D eigenvalue weighted by atomic mass is 16.5. The molecule has 0 aromatic heterocycles. The third-order valence-electron chi connectivity index (χ3n) is 2.61. The van der Waals surface area contributed by atoms with Crippen molar-refractivity contribution in [1.29, 1.82) is 0 Å². The summed E-state index contributed by atoms with van der Waals surface area (Å²) in [5.41, 5.74) is 2.43. The van der Waals surface area contributed by atoms with Gasteiger partial charge >= 0.3 is 0 Å². The Morgan fingerprint density at radius 1 is 0.875 bits per heavy atom. The van der Waals surface area contributed by atoms with Gasteiger partial charge in [0.2, 0.25) is 0 Å². The monoisotopic (exact) mass is 212 g/mol. The zero-order valence-corrected chi connectivity index (χ0v) is 9.47. The highest BCUT2D eigenvalue weighted by Gasteiger charge is 2.04. The summed E-state index contributed by atoms with van der Waals surface area (Å²) in [6.07, 6.45) is 0.140. The summed E-state index contributed by atoms with van der Waals surface area (Å²) in [6.45, 7) is 2.75. The minimum absolute atomic E-state index is 0.140. The Hall–Kier alpha value is -1.60. The van der Waals surface area contributed by atoms with Crippen LogP contribution in [-0.2, 0) is 11.3 Å². The molecule has 0 radical (unpaired) electrons. The Bertz CT molecular complexity index is 408. The van der Waals surface area contributed by atoms with E-state index >= 15 is 0 Å². The molecule has 0 saturated heterocycles. The molecular formula is C15H16O. The van der Waals surface area contributed by atoms with Crippen LogP contribution in [0.25, 0.3) is 0 Å². The maximum atomic E-state index is 5.81. The molecule has 0 amide bonds. The third kappa shape index (κ3) is 2.94. The summed E-state index contributed by atoms with van der Waals surface area (Å²) in [5, 5.41) is 0. The topological polar surface area (TPSA) is 9.23 Å². The van der Waals surface area contributed by atoms with Gasteiger partial charge < -0.3 is 4.74 Å². The molecular weight excluding hydrogens is 196 g/mol. The van der Waals surface area contributed by atoms with Gasteiger partial charge in [-0.2, -0.15) is 0 Å². The number of hydrogen-bond donors (Lipinski definition) is 0. The zero-order valence-electron chi connectivity index (χ0n) is 9.47. The van der Waals surface area contributed by atoms with Crippen LogP contribution in [0.5, 0.6) is 0 Å². The summed E-state index contributed by atoms with van der Waals surface area (Å²) in [6, 6.07) is 20.5. The summed E-state index contributed by atoms with van der Waals surface area (Å²) in [7, 11) is 0. The second-order valence-electron chi connectivity index (χ2n) is 3.85. The van der Waals surface area contributed by atoms with Gasteiger partial charge in [-0.3, -0.25) is 0 Å². The van der Waals surface area contributed by atoms with E-state index in [2.05, 4.69) is 31.2 Å². The van der Waals surface area contributed by atoms with Crippen LogP contribution in [-0.4, -0.2) is 0 Å². The lowest BCUT2D eigenvalue weighted by Gasteiger charge is -2.13. The molecule has 16 heavy (non-hydrogen) atoms. The van der Waals surface area contributed by atoms with Gasteiger partial charge in [-0.15, -0.1) is 0 Å². The molecule has 1 unspecified atom stereocenters. The fourth-order valence-electron chi connectivity index (χ4n) is 1.62. The molecule has 0 bridgehead atoms. The van der Waals surface area contributed by atoms with E-state index in [-0.39, 0.29) is 6.10 Å². The molecule has 2 aromatic carbocycles. The van der Waals surface area contributed by atoms with E-state index < -0.39 is 0 Å². The summed E-state index contributed by atoms with van der Waals surface area (Å²) in [5.74, 6) is 0. The summed E-state index contributed by atoms with van der Waals surface area (Å²) < 4.78 is 5.81. The molecule has 0 aliphatic carbocycles. The normalized spacial score (nSPS) is 12.3. The molecule has 1 atom stereocenters. The minimum Gasteiger partial charge on any atom is -0.369 e. The van der Waals surface area contributed by atoms with E-state index in [0.29, 0.717) is 6.61 Å². The van der Waals surface area contributed by atoms with Crippen molar-refractivity contribution in [3.63, 3.8) is 0 Å². The number of benzene rings is 2. The van der Waals surface area contributed by atoms with E-state index in [1.165, 1.54) is 11.1 Å². The lowest BCUT2D eigenvalue weighted by Crippen LogP contribution is -1.99. The van der Waals surface area contributed by atoms with E-state index in [4.69, 9.17) is 4.74 Å². The van der Waals surface area contributed by atoms with Crippen LogP contribution in [0.1, 0.15) is 24.2 Å². The number of rotatable bonds is 4. The first-order valence-electron chi connectivity index (χ1n) is 5.57. The first-order chi connectivity index (χ1) is 7.86. The van der Waals surface area contributed by atoms with Crippen molar-refractivity contribution < 1.29 is 4.74 Å². The van der Waals surface area contributed by atoms with Gasteiger partial charge in [0.05, 0.1) is 12.7 Å². The molecule has 1 heteroatoms. The van der Waals surface area contributed by atoms with E-state index in [9.17, 15) is 0 Å². The van der Waals surface area contributed by atoms with Gasteiger partial charge in [0, 0.05) is 0 Å². The lowest BCUT2D eigenvalue weighted by molar-refractivity contribution is 0.0525. The van der Waals surface area contributed by atoms with Crippen molar-refractivity contribution in [2.24, 2.45) is 0 Å². The smallest absolute Gasteiger partial charge is 0.0801 e. The zero-order chi connectivity index (χ0) is 11.2. The Labute approximate surface area is 96.7 Å². The molecule has 0 aliphatic rings. The van der Waals surface area contributed by atoms with Crippen LogP contribution in [0.3, 0.4) is 0 Å². The van der Waals surface area contributed by atoms with Gasteiger partial charge in [-0.25, -0.2) is 0 Å². The molecule has 2 aromatic rings. The van der Waals surface area contributed by atoms with Crippen LogP contribution in [0.15, 0.2) is 60.7 Å². The van der Waals surface area contributed by atoms with E-state index in [1.807, 2.05) is 36.4 Å². The van der Waals surface area contributed by atoms with E-state index in [0.717, 1.165) is 0 Å². The van der Waals surface area contributed by atoms with Crippen LogP contribution in [0.2, 0.25) is 0 Å². The predicted molar refractivity (Wildman–Crippen MR) is 66.1 cm³/mol. The SMILES string of the molecule is CC(OCc1ccccc1)c1ccccc1. The molecule has 1 nitrogen and oxygen atoms in total. The molecule has 0 fully saturated rings. The van der Waals surface area contributed by atoms with Gasteiger partial charge in [0.15, 0.2) is 0 Å². The molecule has 0 aliphatic heterocycles. The third-order valence-corrected chi connectivity index (χ3v) is 2.61. The fraction of sp³-hybridized carbons (Fsp3) is 0.200. The first kappa shape index (κ1) is 10.9. The van der Waals surface area contributed by atoms with Crippen molar-refractivity contribution in [3.05, 3.63) is 71.8 Å². The maximum Gasteiger partial charge on any atom is 0.0801 e. The second kappa shape index (κ2) is 5.47. The fourth-order valence-corrected chi connectivity index (χ4v) is 1.62. The van der Waals surface area contributed by atoms with E-state index in [1.54, 1.807) is 0 Å². The van der Waals surface area contributed by atoms with Crippen LogP contribution >= 0.6 is 0 Å². The molecule has 0 N–H and O–H groups in total. The first-order valence-corrected chi connectivity index (χ1v) is 5.57. The standard InChI is InChI=1S/C15H16O/c1-13(15-10-6-3-7-11-15)16-12-14-8-4-2-5-9-14/h2-11,13H,12H2,1H3. The van der Waals surface area contributed by atoms with Crippen LogP contribution < -0.4 is 0 Å². The molecule has 0 spiro atoms. The van der Waals surface area contributed by atoms with Crippen molar-refractivity contribution in [2.75, 3.05) is 0 Å². The second-order valence-corrected chi connectivity index (χ2v) is 3.85. The van der Waals surface area contributed by atoms with Crippen molar-refractivity contribution in [1.82, 2.24) is 0 Å². The maximum absolute atomic E-state index is 5.81. The van der Waals surface area contributed by atoms with Crippen LogP contribution in [0, 0.1) is 0 Å². The molecule has 82 valence electrons. The molecule has 0 heterocycles. The minimum atomic E-state index is 0.140. The largest absolute Gasteiger partial charge is 0.369 e. The van der Waals surface area contributed by atoms with Crippen molar-refractivity contribution in [2.45, 2.75) is 19.6 Å². The van der Waals surface area contributed by atoms with Gasteiger partial charge in [-0.1, -0.05) is 60.7 Å². The highest BCUT2D eigenvalue weighted by Crippen LogP contribution is 2.17. The predicted octanol–water partition coefficient (Wildman–Crippen LogP) is 3.96. The summed E-state index contributed by atoms with van der Waals surface area (Å²) >= 11 is 0. The average Bonchev–Trinajstić information content (AvgIpc) is 2.38. The van der Waals surface area contributed by atoms with Crippen molar-refractivity contribution >= 4 is 0 Å². The lowest BCUT2D eigenvalue weighted by atomic mass is 10.1. The van der Waals surface area contributed by atoms with Gasteiger partial charge in [-0.05, 0) is 18.1 Å². The Morgan fingerprint density at radius 2 is 1.44 bits per heavy atom. The van der Waals surface area contributed by atoms with Crippen LogP contribution in [0.4, 0.5) is 0 Å². The number of ether oxygens (including phenoxy) is 1. The Kier molecular flexibility index (Phi) is 3.73. The molecule has 0 saturated carbocycles. The molecule has 2 rings (SSSR count). The number of hydrogen-bond acceptors (Lipinski definition) is 1. The summed E-state index contributed by atoms with van der Waals surface area (Å²) in [4.78, 5) is 0. The Morgan fingerprint density at radius 3 is 2.06 bits per heavy atom. The quantitative estimate of drug-likeness (QED) is 0.745. The van der Waals surface area contributed by atoms with Crippen molar-refractivity contribution in [3.8, 4) is 0 Å². The Balaban J connectivity index is 1.92. The van der Waals surface area contributed by atoms with Gasteiger partial charge in [0.25, 0.3) is 0 Å². The highest BCUT2D eigenvalue weighted by molar-refractivity contribution is 5.17. The van der Waals surface area contributed by atoms with Gasteiger partial charge in [0.1, 0.15) is 0 Å².